The number of aliphatic hydroxyl groups is 3. The van der Waals surface area contributed by atoms with Crippen molar-refractivity contribution in [2.45, 2.75) is 81.6 Å². The van der Waals surface area contributed by atoms with Crippen LogP contribution in [0.2, 0.25) is 0 Å². The van der Waals surface area contributed by atoms with Crippen molar-refractivity contribution in [2.75, 3.05) is 74.2 Å². The van der Waals surface area contributed by atoms with Crippen LogP contribution in [0.1, 0.15) is 61.9 Å². The normalized spacial score (nSPS) is 22.0. The lowest BCUT2D eigenvalue weighted by Gasteiger charge is -2.34. The van der Waals surface area contributed by atoms with Crippen LogP contribution in [0.15, 0.2) is 43.0 Å². The van der Waals surface area contributed by atoms with Gasteiger partial charge in [-0.3, -0.25) is 14.2 Å². The van der Waals surface area contributed by atoms with Crippen molar-refractivity contribution in [3.63, 3.8) is 0 Å². The van der Waals surface area contributed by atoms with E-state index in [4.69, 9.17) is 4.74 Å². The molecule has 1 aromatic carbocycles. The van der Waals surface area contributed by atoms with Gasteiger partial charge in [-0.25, -0.2) is 24.9 Å². The van der Waals surface area contributed by atoms with Gasteiger partial charge >= 0.3 is 12.4 Å². The van der Waals surface area contributed by atoms with E-state index in [-0.39, 0.29) is 62.6 Å². The molecule has 3 aliphatic rings. The zero-order valence-corrected chi connectivity index (χ0v) is 34.8. The van der Waals surface area contributed by atoms with E-state index in [9.17, 15) is 51.3 Å². The lowest BCUT2D eigenvalue weighted by molar-refractivity contribution is -0.144. The number of carbonyl (C=O) groups excluding carboxylic acids is 2. The van der Waals surface area contributed by atoms with Crippen LogP contribution in [0.3, 0.4) is 0 Å². The molecule has 6 N–H and O–H groups in total. The monoisotopic (exact) mass is 907 g/mol. The number of fused-ring (bicyclic) bond motifs is 1. The van der Waals surface area contributed by atoms with Gasteiger partial charge in [-0.1, -0.05) is 12.1 Å². The Morgan fingerprint density at radius 2 is 1.62 bits per heavy atom. The quantitative estimate of drug-likeness (QED) is 0.0663. The Balaban J connectivity index is 0.854. The van der Waals surface area contributed by atoms with E-state index >= 15 is 0 Å². The van der Waals surface area contributed by atoms with Crippen molar-refractivity contribution in [3.05, 3.63) is 59.9 Å². The Morgan fingerprint density at radius 3 is 2.33 bits per heavy atom. The second kappa shape index (κ2) is 19.8. The van der Waals surface area contributed by atoms with Crippen LogP contribution in [0.25, 0.3) is 11.2 Å². The standard InChI is InChI=1S/C41H51F6N11O6/c42-40(43,44)27-8-6-26(7-9-27)10-13-50-37(62)29-4-2-16-57(29)32-19-31(54-38(55-32)41(45,46)47)56-17-11-25(12-18-56)3-1-5-33(61)48-14-15-49-35-34-36(52-23-51-35)58(24-53-34)39(63)22-64-30(21-60)28(39)20-59/h6-9,19,23-25,28-30,59-60,63H,1-5,10-18,20-22H2,(H,48,61)(H,50,62)(H,49,51,52)/t28?,29-,30+,39?/m0/s1. The fraction of sp³-hybridized carbons (Fsp3) is 0.585. The average molecular weight is 908 g/mol. The molecule has 3 fully saturated rings. The van der Waals surface area contributed by atoms with Crippen LogP contribution in [-0.2, 0) is 38.8 Å². The number of ether oxygens (including phenoxy) is 1. The van der Waals surface area contributed by atoms with Crippen molar-refractivity contribution in [2.24, 2.45) is 11.8 Å². The molecule has 3 aromatic heterocycles. The third-order valence-corrected chi connectivity index (χ3v) is 12.2. The molecule has 23 heteroatoms. The summed E-state index contributed by atoms with van der Waals surface area (Å²) in [4.78, 5) is 49.8. The molecule has 17 nitrogen and oxygen atoms in total. The molecule has 2 amide bonds. The number of piperidine rings is 1. The molecule has 0 bridgehead atoms. The summed E-state index contributed by atoms with van der Waals surface area (Å²) in [6, 6.07) is 5.33. The third-order valence-electron chi connectivity index (χ3n) is 12.2. The first-order chi connectivity index (χ1) is 30.6. The molecule has 4 aromatic rings. The fourth-order valence-corrected chi connectivity index (χ4v) is 8.64. The summed E-state index contributed by atoms with van der Waals surface area (Å²) in [6.07, 6.45) is -3.19. The summed E-state index contributed by atoms with van der Waals surface area (Å²) in [5, 5.41) is 39.6. The number of hydrogen-bond donors (Lipinski definition) is 6. The molecule has 0 spiro atoms. The molecule has 0 aliphatic carbocycles. The maximum Gasteiger partial charge on any atom is 0.451 e. The predicted octanol–water partition coefficient (Wildman–Crippen LogP) is 3.24. The number of benzene rings is 1. The number of nitrogens with one attached hydrogen (secondary N) is 3. The van der Waals surface area contributed by atoms with E-state index < -0.39 is 60.0 Å². The van der Waals surface area contributed by atoms with Gasteiger partial charge < -0.3 is 45.8 Å². The zero-order chi connectivity index (χ0) is 45.6. The molecule has 0 radical (unpaired) electrons. The number of aliphatic hydroxyl groups excluding tert-OH is 2. The topological polar surface area (TPSA) is 216 Å². The van der Waals surface area contributed by atoms with Gasteiger partial charge in [0.05, 0.1) is 43.7 Å². The number of alkyl halides is 6. The lowest BCUT2D eigenvalue weighted by atomic mass is 9.91. The number of carbonyl (C=O) groups is 2. The predicted molar refractivity (Wildman–Crippen MR) is 219 cm³/mol. The second-order valence-corrected chi connectivity index (χ2v) is 16.3. The average Bonchev–Trinajstić information content (AvgIpc) is 4.03. The maximum atomic E-state index is 14.1. The van der Waals surface area contributed by atoms with Gasteiger partial charge in [-0.2, -0.15) is 26.3 Å². The summed E-state index contributed by atoms with van der Waals surface area (Å²) in [7, 11) is 0. The first kappa shape index (κ1) is 46.6. The summed E-state index contributed by atoms with van der Waals surface area (Å²) >= 11 is 0. The smallest absolute Gasteiger partial charge is 0.396 e. The molecule has 3 saturated heterocycles. The highest BCUT2D eigenvalue weighted by molar-refractivity contribution is 5.86. The van der Waals surface area contributed by atoms with E-state index in [1.807, 2.05) is 0 Å². The van der Waals surface area contributed by atoms with Gasteiger partial charge in [0.15, 0.2) is 22.7 Å². The highest BCUT2D eigenvalue weighted by Crippen LogP contribution is 2.38. The van der Waals surface area contributed by atoms with Crippen molar-refractivity contribution in [3.8, 4) is 0 Å². The molecule has 348 valence electrons. The van der Waals surface area contributed by atoms with E-state index in [0.29, 0.717) is 80.8 Å². The van der Waals surface area contributed by atoms with Gasteiger partial charge in [0.1, 0.15) is 24.0 Å². The van der Waals surface area contributed by atoms with Crippen LogP contribution in [0.5, 0.6) is 0 Å². The van der Waals surface area contributed by atoms with Gasteiger partial charge in [-0.15, -0.1) is 0 Å². The third kappa shape index (κ3) is 10.6. The second-order valence-electron chi connectivity index (χ2n) is 16.3. The van der Waals surface area contributed by atoms with Gasteiger partial charge in [0.2, 0.25) is 17.6 Å². The summed E-state index contributed by atoms with van der Waals surface area (Å²) in [6.45, 7) is 0.907. The zero-order valence-electron chi connectivity index (χ0n) is 34.8. The number of hydrogen-bond acceptors (Lipinski definition) is 14. The molecule has 64 heavy (non-hydrogen) atoms. The SMILES string of the molecule is O=C(CCCC1CCN(c2cc(N3CCC[C@H]3C(=O)NCCc3ccc(C(F)(F)F)cc3)nc(C(F)(F)F)n2)CC1)NCCNc1ncnc2c1ncn2C1(O)CO[C@H](CO)C1CO. The number of halogens is 6. The van der Waals surface area contributed by atoms with Crippen LogP contribution in [0, 0.1) is 11.8 Å². The number of aromatic nitrogens is 6. The van der Waals surface area contributed by atoms with Gasteiger partial charge in [0, 0.05) is 51.8 Å². The summed E-state index contributed by atoms with van der Waals surface area (Å²) < 4.78 is 87.9. The lowest BCUT2D eigenvalue weighted by Crippen LogP contribution is -2.44. The van der Waals surface area contributed by atoms with E-state index in [1.165, 1.54) is 35.4 Å². The number of amides is 2. The molecular formula is C41H51F6N11O6. The van der Waals surface area contributed by atoms with Crippen molar-refractivity contribution in [1.29, 1.82) is 0 Å². The first-order valence-corrected chi connectivity index (χ1v) is 21.3. The Labute approximate surface area is 363 Å². The number of anilines is 3. The molecule has 4 atom stereocenters. The Hall–Kier alpha value is -5.39. The van der Waals surface area contributed by atoms with Crippen molar-refractivity contribution >= 4 is 40.4 Å². The largest absolute Gasteiger partial charge is 0.451 e. The minimum atomic E-state index is -4.84. The first-order valence-electron chi connectivity index (χ1n) is 21.3. The van der Waals surface area contributed by atoms with E-state index in [1.54, 1.807) is 9.80 Å². The van der Waals surface area contributed by atoms with Crippen LogP contribution in [0.4, 0.5) is 43.8 Å². The maximum absolute atomic E-state index is 14.1. The molecule has 0 saturated carbocycles. The van der Waals surface area contributed by atoms with Crippen LogP contribution >= 0.6 is 0 Å². The number of rotatable bonds is 17. The van der Waals surface area contributed by atoms with Crippen LogP contribution < -0.4 is 25.8 Å². The van der Waals surface area contributed by atoms with Crippen molar-refractivity contribution < 1.29 is 56.0 Å². The molecule has 2 unspecified atom stereocenters. The van der Waals surface area contributed by atoms with Gasteiger partial charge in [0.25, 0.3) is 0 Å². The highest BCUT2D eigenvalue weighted by atomic mass is 19.4. The number of nitrogens with zero attached hydrogens (tertiary/aromatic N) is 8. The van der Waals surface area contributed by atoms with Crippen molar-refractivity contribution in [1.82, 2.24) is 40.1 Å². The minimum absolute atomic E-state index is 0.00821. The Morgan fingerprint density at radius 1 is 0.875 bits per heavy atom. The minimum Gasteiger partial charge on any atom is -0.396 e. The molecular weight excluding hydrogens is 857 g/mol. The summed E-state index contributed by atoms with van der Waals surface area (Å²) in [5.41, 5.74) is -1.23. The van der Waals surface area contributed by atoms with Crippen LogP contribution in [-0.4, -0.2) is 128 Å². The fourth-order valence-electron chi connectivity index (χ4n) is 8.64. The molecule has 7 rings (SSSR count). The number of imidazole rings is 1. The van der Waals surface area contributed by atoms with E-state index in [2.05, 4.69) is 40.9 Å². The van der Waals surface area contributed by atoms with E-state index in [0.717, 1.165) is 18.6 Å². The molecule has 6 heterocycles. The molecule has 3 aliphatic heterocycles. The highest BCUT2D eigenvalue weighted by Gasteiger charge is 2.50. The Bertz CT molecular complexity index is 2220. The Kier molecular flexibility index (Phi) is 14.4. The summed E-state index contributed by atoms with van der Waals surface area (Å²) in [5.74, 6) is -1.95. The van der Waals surface area contributed by atoms with Gasteiger partial charge in [-0.05, 0) is 68.6 Å².